The first kappa shape index (κ1) is 20.8. The van der Waals surface area contributed by atoms with E-state index in [1.165, 1.54) is 5.56 Å². The molecule has 1 aromatic carbocycles. The summed E-state index contributed by atoms with van der Waals surface area (Å²) < 4.78 is 25.5. The number of carbonyl (C=O) groups is 2. The maximum absolute atomic E-state index is 13.1. The van der Waals surface area contributed by atoms with E-state index >= 15 is 0 Å². The van der Waals surface area contributed by atoms with Gasteiger partial charge in [0.2, 0.25) is 21.8 Å². The number of rotatable bonds is 5. The minimum absolute atomic E-state index is 0.0927. The lowest BCUT2D eigenvalue weighted by molar-refractivity contribution is -0.146. The molecule has 1 saturated carbocycles. The van der Waals surface area contributed by atoms with Crippen LogP contribution >= 0.6 is 0 Å². The van der Waals surface area contributed by atoms with E-state index < -0.39 is 33.8 Å². The van der Waals surface area contributed by atoms with Crippen molar-refractivity contribution in [2.45, 2.75) is 37.6 Å². The number of likely N-dealkylation sites (tertiary alicyclic amines) is 1. The Morgan fingerprint density at radius 1 is 1.11 bits per heavy atom. The van der Waals surface area contributed by atoms with Gasteiger partial charge in [0.15, 0.2) is 0 Å². The van der Waals surface area contributed by atoms with Gasteiger partial charge in [0, 0.05) is 31.0 Å². The number of hydrogen-bond donors (Lipinski definition) is 3. The molecule has 0 unspecified atom stereocenters. The molecule has 4 atom stereocenters. The van der Waals surface area contributed by atoms with E-state index in [1.807, 2.05) is 18.2 Å². The summed E-state index contributed by atoms with van der Waals surface area (Å²) in [4.78, 5) is 27.1. The number of hydroxylamine groups is 1. The number of hydrogen-bond acceptors (Lipinski definition) is 5. The second-order valence-corrected chi connectivity index (χ2v) is 9.55. The SMILES string of the molecule is CS(=O)(=O)N[C@@H]1CC[C@H](C(=O)N2CC[C@H](c3ccccc3)C2)[C@@H](C(=O)NO)C1. The van der Waals surface area contributed by atoms with Crippen LogP contribution < -0.4 is 10.2 Å². The van der Waals surface area contributed by atoms with Crippen LogP contribution in [-0.4, -0.2) is 55.7 Å². The van der Waals surface area contributed by atoms with E-state index in [1.54, 1.807) is 10.4 Å². The summed E-state index contributed by atoms with van der Waals surface area (Å²) in [6, 6.07) is 9.63. The highest BCUT2D eigenvalue weighted by atomic mass is 32.2. The summed E-state index contributed by atoms with van der Waals surface area (Å²) in [6.07, 6.45) is 3.01. The molecule has 1 aliphatic carbocycles. The van der Waals surface area contributed by atoms with Gasteiger partial charge in [-0.3, -0.25) is 14.8 Å². The Morgan fingerprint density at radius 2 is 1.82 bits per heavy atom. The van der Waals surface area contributed by atoms with Gasteiger partial charge in [0.25, 0.3) is 0 Å². The van der Waals surface area contributed by atoms with Crippen molar-refractivity contribution in [2.24, 2.45) is 11.8 Å². The molecule has 1 heterocycles. The summed E-state index contributed by atoms with van der Waals surface area (Å²) in [5, 5.41) is 9.10. The van der Waals surface area contributed by atoms with Gasteiger partial charge in [-0.1, -0.05) is 30.3 Å². The third kappa shape index (κ3) is 4.89. The van der Waals surface area contributed by atoms with Crippen molar-refractivity contribution in [3.05, 3.63) is 35.9 Å². The number of amides is 2. The summed E-state index contributed by atoms with van der Waals surface area (Å²) in [6.45, 7) is 1.24. The molecular weight excluding hydrogens is 382 g/mol. The summed E-state index contributed by atoms with van der Waals surface area (Å²) in [7, 11) is -3.41. The molecule has 2 amide bonds. The van der Waals surface area contributed by atoms with E-state index in [-0.39, 0.29) is 18.2 Å². The molecule has 0 bridgehead atoms. The first-order valence-electron chi connectivity index (χ1n) is 9.53. The molecule has 28 heavy (non-hydrogen) atoms. The fourth-order valence-electron chi connectivity index (χ4n) is 4.44. The van der Waals surface area contributed by atoms with E-state index in [0.717, 1.165) is 12.7 Å². The molecule has 1 saturated heterocycles. The van der Waals surface area contributed by atoms with Crippen LogP contribution in [0.1, 0.15) is 37.2 Å². The minimum atomic E-state index is -3.41. The topological polar surface area (TPSA) is 116 Å². The normalized spacial score (nSPS) is 28.1. The van der Waals surface area contributed by atoms with Gasteiger partial charge in [-0.05, 0) is 31.2 Å². The van der Waals surface area contributed by atoms with Crippen LogP contribution in [0.5, 0.6) is 0 Å². The molecule has 9 heteroatoms. The summed E-state index contributed by atoms with van der Waals surface area (Å²) in [5.41, 5.74) is 2.84. The van der Waals surface area contributed by atoms with E-state index in [4.69, 9.17) is 5.21 Å². The molecule has 3 rings (SSSR count). The quantitative estimate of drug-likeness (QED) is 0.492. The molecule has 2 aliphatic rings. The van der Waals surface area contributed by atoms with Gasteiger partial charge in [-0.25, -0.2) is 18.6 Å². The van der Waals surface area contributed by atoms with Crippen LogP contribution in [0, 0.1) is 11.8 Å². The molecule has 0 spiro atoms. The average molecular weight is 410 g/mol. The number of benzene rings is 1. The number of nitrogens with one attached hydrogen (secondary N) is 2. The summed E-state index contributed by atoms with van der Waals surface area (Å²) in [5.74, 6) is -1.78. The first-order chi connectivity index (χ1) is 13.3. The van der Waals surface area contributed by atoms with Crippen LogP contribution in [0.15, 0.2) is 30.3 Å². The van der Waals surface area contributed by atoms with E-state index in [0.29, 0.717) is 25.9 Å². The van der Waals surface area contributed by atoms with Crippen molar-refractivity contribution in [3.8, 4) is 0 Å². The Balaban J connectivity index is 1.69. The molecule has 3 N–H and O–H groups in total. The van der Waals surface area contributed by atoms with Crippen LogP contribution in [0.4, 0.5) is 0 Å². The monoisotopic (exact) mass is 409 g/mol. The minimum Gasteiger partial charge on any atom is -0.342 e. The molecule has 1 aromatic rings. The van der Waals surface area contributed by atoms with Crippen molar-refractivity contribution >= 4 is 21.8 Å². The Kier molecular flexibility index (Phi) is 6.36. The molecule has 0 radical (unpaired) electrons. The van der Waals surface area contributed by atoms with Crippen molar-refractivity contribution < 1.29 is 23.2 Å². The lowest BCUT2D eigenvalue weighted by Gasteiger charge is -2.36. The lowest BCUT2D eigenvalue weighted by atomic mass is 9.76. The Bertz CT molecular complexity index is 814. The average Bonchev–Trinajstić information content (AvgIpc) is 3.16. The predicted octanol–water partition coefficient (Wildman–Crippen LogP) is 0.842. The van der Waals surface area contributed by atoms with Crippen LogP contribution in [0.2, 0.25) is 0 Å². The molecule has 8 nitrogen and oxygen atoms in total. The van der Waals surface area contributed by atoms with Gasteiger partial charge < -0.3 is 4.90 Å². The highest BCUT2D eigenvalue weighted by molar-refractivity contribution is 7.88. The van der Waals surface area contributed by atoms with Gasteiger partial charge in [0.05, 0.1) is 12.2 Å². The van der Waals surface area contributed by atoms with Crippen molar-refractivity contribution in [3.63, 3.8) is 0 Å². The Morgan fingerprint density at radius 3 is 2.46 bits per heavy atom. The number of sulfonamides is 1. The van der Waals surface area contributed by atoms with Crippen LogP contribution in [0.25, 0.3) is 0 Å². The highest BCUT2D eigenvalue weighted by Gasteiger charge is 2.42. The van der Waals surface area contributed by atoms with E-state index in [2.05, 4.69) is 16.9 Å². The maximum atomic E-state index is 13.1. The number of carbonyl (C=O) groups excluding carboxylic acids is 2. The fourth-order valence-corrected chi connectivity index (χ4v) is 5.26. The maximum Gasteiger partial charge on any atom is 0.247 e. The second kappa shape index (κ2) is 8.59. The van der Waals surface area contributed by atoms with E-state index in [9.17, 15) is 18.0 Å². The van der Waals surface area contributed by atoms with Crippen molar-refractivity contribution in [1.29, 1.82) is 0 Å². The zero-order chi connectivity index (χ0) is 20.3. The predicted molar refractivity (Wildman–Crippen MR) is 103 cm³/mol. The Labute approximate surface area is 165 Å². The lowest BCUT2D eigenvalue weighted by Crippen LogP contribution is -2.49. The van der Waals surface area contributed by atoms with Crippen LogP contribution in [-0.2, 0) is 19.6 Å². The van der Waals surface area contributed by atoms with Gasteiger partial charge in [-0.2, -0.15) is 0 Å². The largest absolute Gasteiger partial charge is 0.342 e. The van der Waals surface area contributed by atoms with Gasteiger partial charge in [-0.15, -0.1) is 0 Å². The second-order valence-electron chi connectivity index (χ2n) is 7.77. The zero-order valence-corrected chi connectivity index (χ0v) is 16.7. The molecule has 2 fully saturated rings. The summed E-state index contributed by atoms with van der Waals surface area (Å²) >= 11 is 0. The van der Waals surface area contributed by atoms with Crippen molar-refractivity contribution in [1.82, 2.24) is 15.1 Å². The fraction of sp³-hybridized carbons (Fsp3) is 0.579. The van der Waals surface area contributed by atoms with Gasteiger partial charge in [0.1, 0.15) is 0 Å². The smallest absolute Gasteiger partial charge is 0.247 e. The van der Waals surface area contributed by atoms with Gasteiger partial charge >= 0.3 is 0 Å². The molecule has 1 aliphatic heterocycles. The van der Waals surface area contributed by atoms with Crippen LogP contribution in [0.3, 0.4) is 0 Å². The third-order valence-electron chi connectivity index (χ3n) is 5.77. The molecule has 0 aromatic heterocycles. The zero-order valence-electron chi connectivity index (χ0n) is 15.9. The molecule has 154 valence electrons. The molecular formula is C19H27N3O5S. The Hall–Kier alpha value is -1.97. The third-order valence-corrected chi connectivity index (χ3v) is 6.53. The first-order valence-corrected chi connectivity index (χ1v) is 11.4. The van der Waals surface area contributed by atoms with Crippen molar-refractivity contribution in [2.75, 3.05) is 19.3 Å². The number of nitrogens with zero attached hydrogens (tertiary/aromatic N) is 1. The highest BCUT2D eigenvalue weighted by Crippen LogP contribution is 2.35. The standard InChI is InChI=1S/C19H27N3O5S/c1-28(26,27)21-15-7-8-16(17(11-15)18(23)20-25)19(24)22-10-9-14(12-22)13-5-3-2-4-6-13/h2-6,14-17,21,25H,7-12H2,1H3,(H,20,23)/t14-,15+,16-,17-/m0/s1.